The molecule has 1 N–H and O–H groups in total. The van der Waals surface area contributed by atoms with E-state index in [1.165, 1.54) is 12.8 Å². The topological polar surface area (TPSA) is 54.0 Å². The Hall–Kier alpha value is -2.73. The molecule has 2 aliphatic heterocycles. The maximum atomic E-state index is 12.8. The van der Waals surface area contributed by atoms with Crippen molar-refractivity contribution < 1.29 is 14.3 Å². The van der Waals surface area contributed by atoms with Crippen LogP contribution in [-0.4, -0.2) is 55.2 Å². The minimum absolute atomic E-state index is 0.0716. The largest absolute Gasteiger partial charge is 0.493 e. The molecule has 2 fully saturated rings. The van der Waals surface area contributed by atoms with Gasteiger partial charge in [-0.25, -0.2) is 4.79 Å². The highest BCUT2D eigenvalue weighted by atomic mass is 16.5. The lowest BCUT2D eigenvalue weighted by atomic mass is 10.1. The van der Waals surface area contributed by atoms with Gasteiger partial charge in [-0.1, -0.05) is 24.3 Å². The molecule has 6 heteroatoms. The summed E-state index contributed by atoms with van der Waals surface area (Å²) in [6.07, 6.45) is 2.41. The van der Waals surface area contributed by atoms with Crippen LogP contribution in [0.25, 0.3) is 0 Å². The lowest BCUT2D eigenvalue weighted by Gasteiger charge is -2.37. The van der Waals surface area contributed by atoms with Gasteiger partial charge in [0, 0.05) is 25.7 Å². The number of rotatable bonds is 4. The fraction of sp³-hybridized carbons (Fsp3) is 0.381. The molecule has 0 radical (unpaired) electrons. The zero-order valence-electron chi connectivity index (χ0n) is 15.6. The van der Waals surface area contributed by atoms with E-state index in [0.29, 0.717) is 29.0 Å². The third-order valence-corrected chi connectivity index (χ3v) is 5.29. The van der Waals surface area contributed by atoms with Gasteiger partial charge in [0.1, 0.15) is 0 Å². The summed E-state index contributed by atoms with van der Waals surface area (Å²) < 4.78 is 11.4. The predicted molar refractivity (Wildman–Crippen MR) is 105 cm³/mol. The number of nitrogens with zero attached hydrogens (tertiary/aromatic N) is 2. The van der Waals surface area contributed by atoms with E-state index in [2.05, 4.69) is 10.2 Å². The van der Waals surface area contributed by atoms with Crippen molar-refractivity contribution in [2.45, 2.75) is 18.9 Å². The van der Waals surface area contributed by atoms with Gasteiger partial charge in [-0.15, -0.1) is 0 Å². The van der Waals surface area contributed by atoms with Crippen molar-refractivity contribution in [3.63, 3.8) is 0 Å². The first-order chi connectivity index (χ1) is 13.2. The molecule has 27 heavy (non-hydrogen) atoms. The molecule has 2 aliphatic rings. The van der Waals surface area contributed by atoms with E-state index in [1.54, 1.807) is 7.11 Å². The number of amides is 2. The van der Waals surface area contributed by atoms with Crippen LogP contribution in [0.15, 0.2) is 48.5 Å². The lowest BCUT2D eigenvalue weighted by molar-refractivity contribution is 0.124. The van der Waals surface area contributed by atoms with Crippen molar-refractivity contribution >= 4 is 11.7 Å². The number of anilines is 1. The second-order valence-corrected chi connectivity index (χ2v) is 6.96. The molecule has 0 unspecified atom stereocenters. The van der Waals surface area contributed by atoms with Crippen molar-refractivity contribution in [3.8, 4) is 17.2 Å². The number of para-hydroxylation sites is 4. The van der Waals surface area contributed by atoms with E-state index < -0.39 is 0 Å². The second-order valence-electron chi connectivity index (χ2n) is 6.96. The molecule has 2 heterocycles. The molecule has 4 rings (SSSR count). The Labute approximate surface area is 159 Å². The SMILES string of the molecule is COc1ccccc1Oc1ccccc1NC(=O)N1CCN2CCC[C@H]2C1. The van der Waals surface area contributed by atoms with E-state index in [9.17, 15) is 4.79 Å². The number of hydrogen-bond acceptors (Lipinski definition) is 4. The molecule has 2 aromatic carbocycles. The van der Waals surface area contributed by atoms with Crippen LogP contribution in [0.4, 0.5) is 10.5 Å². The van der Waals surface area contributed by atoms with Gasteiger partial charge in [0.2, 0.25) is 0 Å². The van der Waals surface area contributed by atoms with E-state index in [4.69, 9.17) is 9.47 Å². The second kappa shape index (κ2) is 7.88. The summed E-state index contributed by atoms with van der Waals surface area (Å²) in [5, 5.41) is 3.02. The van der Waals surface area contributed by atoms with Gasteiger partial charge < -0.3 is 19.7 Å². The highest BCUT2D eigenvalue weighted by molar-refractivity contribution is 5.91. The zero-order chi connectivity index (χ0) is 18.6. The van der Waals surface area contributed by atoms with Crippen LogP contribution in [0, 0.1) is 0 Å². The number of ether oxygens (including phenoxy) is 2. The van der Waals surface area contributed by atoms with Crippen molar-refractivity contribution in [1.29, 1.82) is 0 Å². The molecule has 0 aliphatic carbocycles. The number of benzene rings is 2. The first-order valence-corrected chi connectivity index (χ1v) is 9.44. The third-order valence-electron chi connectivity index (χ3n) is 5.29. The maximum absolute atomic E-state index is 12.8. The van der Waals surface area contributed by atoms with Gasteiger partial charge in [-0.3, -0.25) is 4.90 Å². The fourth-order valence-corrected chi connectivity index (χ4v) is 3.85. The van der Waals surface area contributed by atoms with Gasteiger partial charge in [-0.05, 0) is 43.7 Å². The number of carbonyl (C=O) groups is 1. The average molecular weight is 367 g/mol. The Morgan fingerprint density at radius 3 is 2.56 bits per heavy atom. The summed E-state index contributed by atoms with van der Waals surface area (Å²) in [6, 6.07) is 15.4. The Balaban J connectivity index is 1.47. The number of piperazine rings is 1. The van der Waals surface area contributed by atoms with Crippen LogP contribution in [0.5, 0.6) is 17.2 Å². The summed E-state index contributed by atoms with van der Waals surface area (Å²) >= 11 is 0. The van der Waals surface area contributed by atoms with Crippen LogP contribution >= 0.6 is 0 Å². The Kier molecular flexibility index (Phi) is 5.16. The average Bonchev–Trinajstić information content (AvgIpc) is 3.17. The standard InChI is InChI=1S/C21H25N3O3/c1-26-19-10-4-5-11-20(19)27-18-9-3-2-8-17(18)22-21(25)24-14-13-23-12-6-7-16(23)15-24/h2-5,8-11,16H,6-7,12-15H2,1H3,(H,22,25)/t16-/m0/s1. The summed E-state index contributed by atoms with van der Waals surface area (Å²) in [7, 11) is 1.61. The number of urea groups is 1. The molecule has 142 valence electrons. The molecular weight excluding hydrogens is 342 g/mol. The van der Waals surface area contributed by atoms with Gasteiger partial charge >= 0.3 is 6.03 Å². The zero-order valence-corrected chi connectivity index (χ0v) is 15.6. The molecule has 6 nitrogen and oxygen atoms in total. The smallest absolute Gasteiger partial charge is 0.322 e. The molecule has 2 aromatic rings. The van der Waals surface area contributed by atoms with Gasteiger partial charge in [0.05, 0.1) is 12.8 Å². The summed E-state index contributed by atoms with van der Waals surface area (Å²) in [4.78, 5) is 17.2. The summed E-state index contributed by atoms with van der Waals surface area (Å²) in [5.41, 5.74) is 0.655. The van der Waals surface area contributed by atoms with Crippen LogP contribution in [0.2, 0.25) is 0 Å². The number of carbonyl (C=O) groups excluding carboxylic acids is 1. The maximum Gasteiger partial charge on any atom is 0.322 e. The van der Waals surface area contributed by atoms with Gasteiger partial charge in [0.15, 0.2) is 17.2 Å². The highest BCUT2D eigenvalue weighted by Crippen LogP contribution is 2.35. The van der Waals surface area contributed by atoms with E-state index in [0.717, 1.165) is 26.2 Å². The molecule has 0 bridgehead atoms. The van der Waals surface area contributed by atoms with E-state index in [1.807, 2.05) is 53.4 Å². The normalized spacial score (nSPS) is 19.4. The first-order valence-electron chi connectivity index (χ1n) is 9.44. The van der Waals surface area contributed by atoms with Crippen LogP contribution in [0.3, 0.4) is 0 Å². The van der Waals surface area contributed by atoms with Crippen LogP contribution in [0.1, 0.15) is 12.8 Å². The molecule has 1 atom stereocenters. The molecule has 2 amide bonds. The Morgan fingerprint density at radius 1 is 1.00 bits per heavy atom. The van der Waals surface area contributed by atoms with Crippen molar-refractivity contribution in [1.82, 2.24) is 9.80 Å². The van der Waals surface area contributed by atoms with E-state index >= 15 is 0 Å². The number of fused-ring (bicyclic) bond motifs is 1. The minimum Gasteiger partial charge on any atom is -0.493 e. The monoisotopic (exact) mass is 367 g/mol. The lowest BCUT2D eigenvalue weighted by Crippen LogP contribution is -2.53. The van der Waals surface area contributed by atoms with Crippen molar-refractivity contribution in [2.75, 3.05) is 38.6 Å². The highest BCUT2D eigenvalue weighted by Gasteiger charge is 2.32. The molecule has 0 saturated carbocycles. The Morgan fingerprint density at radius 2 is 1.74 bits per heavy atom. The molecule has 2 saturated heterocycles. The fourth-order valence-electron chi connectivity index (χ4n) is 3.85. The van der Waals surface area contributed by atoms with E-state index in [-0.39, 0.29) is 6.03 Å². The Bertz CT molecular complexity index is 811. The summed E-state index contributed by atoms with van der Waals surface area (Å²) in [6.45, 7) is 3.67. The van der Waals surface area contributed by atoms with Crippen molar-refractivity contribution in [3.05, 3.63) is 48.5 Å². The molecule has 0 spiro atoms. The third kappa shape index (κ3) is 3.85. The number of hydrogen-bond donors (Lipinski definition) is 1. The van der Waals surface area contributed by atoms with Crippen LogP contribution < -0.4 is 14.8 Å². The quantitative estimate of drug-likeness (QED) is 0.893. The summed E-state index contributed by atoms with van der Waals surface area (Å²) in [5.74, 6) is 1.85. The predicted octanol–water partition coefficient (Wildman–Crippen LogP) is 3.80. The van der Waals surface area contributed by atoms with Gasteiger partial charge in [0.25, 0.3) is 0 Å². The number of nitrogens with one attached hydrogen (secondary N) is 1. The minimum atomic E-state index is -0.0716. The number of methoxy groups -OCH3 is 1. The van der Waals surface area contributed by atoms with Crippen LogP contribution in [-0.2, 0) is 0 Å². The first kappa shape index (κ1) is 17.7. The van der Waals surface area contributed by atoms with Gasteiger partial charge in [-0.2, -0.15) is 0 Å². The molecule has 0 aromatic heterocycles. The molecular formula is C21H25N3O3. The van der Waals surface area contributed by atoms with Crippen molar-refractivity contribution in [2.24, 2.45) is 0 Å².